The smallest absolute Gasteiger partial charge is 0.157 e. The van der Waals surface area contributed by atoms with Gasteiger partial charge in [0.25, 0.3) is 0 Å². The predicted octanol–water partition coefficient (Wildman–Crippen LogP) is 5.57. The van der Waals surface area contributed by atoms with Crippen molar-refractivity contribution in [3.63, 3.8) is 0 Å². The van der Waals surface area contributed by atoms with Crippen LogP contribution >= 0.6 is 11.6 Å². The van der Waals surface area contributed by atoms with Crippen LogP contribution in [-0.2, 0) is 4.74 Å². The highest BCUT2D eigenvalue weighted by molar-refractivity contribution is 6.30. The highest BCUT2D eigenvalue weighted by Crippen LogP contribution is 2.39. The molecule has 2 aromatic carbocycles. The van der Waals surface area contributed by atoms with Crippen molar-refractivity contribution in [2.24, 2.45) is 0 Å². The SMILES string of the molecule is CC1CN(c2cc(N(C)c3ccnc4ccnn34)c(F)cc2-c2cccc(Cl)c2)CC(C)O1. The maximum Gasteiger partial charge on any atom is 0.157 e. The van der Waals surface area contributed by atoms with E-state index in [2.05, 4.69) is 28.8 Å². The third-order valence-electron chi connectivity index (χ3n) is 5.94. The molecule has 1 saturated heterocycles. The first-order valence-electron chi connectivity index (χ1n) is 10.9. The highest BCUT2D eigenvalue weighted by atomic mass is 35.5. The summed E-state index contributed by atoms with van der Waals surface area (Å²) in [5.41, 5.74) is 3.76. The molecule has 0 bridgehead atoms. The Labute approximate surface area is 197 Å². The van der Waals surface area contributed by atoms with Crippen LogP contribution in [0.25, 0.3) is 16.8 Å². The second-order valence-electron chi connectivity index (χ2n) is 8.46. The lowest BCUT2D eigenvalue weighted by Crippen LogP contribution is -2.45. The maximum absolute atomic E-state index is 15.6. The van der Waals surface area contributed by atoms with Gasteiger partial charge < -0.3 is 14.5 Å². The van der Waals surface area contributed by atoms with Gasteiger partial charge in [-0.15, -0.1) is 0 Å². The normalized spacial score (nSPS) is 18.6. The number of halogens is 2. The molecule has 5 rings (SSSR count). The maximum atomic E-state index is 15.6. The summed E-state index contributed by atoms with van der Waals surface area (Å²) >= 11 is 6.27. The molecule has 2 atom stereocenters. The van der Waals surface area contributed by atoms with Crippen LogP contribution in [0.4, 0.5) is 21.6 Å². The predicted molar refractivity (Wildman–Crippen MR) is 130 cm³/mol. The van der Waals surface area contributed by atoms with E-state index in [1.165, 1.54) is 0 Å². The first-order valence-corrected chi connectivity index (χ1v) is 11.3. The zero-order chi connectivity index (χ0) is 23.1. The molecule has 0 aliphatic carbocycles. The van der Waals surface area contributed by atoms with Gasteiger partial charge in [0.15, 0.2) is 5.65 Å². The van der Waals surface area contributed by atoms with E-state index in [1.54, 1.807) is 27.9 Å². The molecule has 0 saturated carbocycles. The van der Waals surface area contributed by atoms with Crippen molar-refractivity contribution in [2.75, 3.05) is 29.9 Å². The zero-order valence-electron chi connectivity index (χ0n) is 18.7. The molecule has 1 fully saturated rings. The fourth-order valence-corrected chi connectivity index (χ4v) is 4.72. The third-order valence-corrected chi connectivity index (χ3v) is 6.17. The standard InChI is InChI=1S/C25H25ClFN5O/c1-16-14-31(15-17(2)33-16)22-13-23(21(27)12-20(22)18-5-4-6-19(26)11-18)30(3)25-8-9-28-24-7-10-29-32(24)25/h4-13,16-17H,14-15H2,1-3H3. The van der Waals surface area contributed by atoms with Crippen molar-refractivity contribution in [1.82, 2.24) is 14.6 Å². The summed E-state index contributed by atoms with van der Waals surface area (Å²) in [7, 11) is 1.84. The van der Waals surface area contributed by atoms with E-state index in [9.17, 15) is 0 Å². The molecule has 1 aliphatic rings. The first kappa shape index (κ1) is 21.7. The van der Waals surface area contributed by atoms with Crippen molar-refractivity contribution in [3.8, 4) is 11.1 Å². The number of rotatable bonds is 4. The van der Waals surface area contributed by atoms with Crippen LogP contribution in [-0.4, -0.2) is 46.9 Å². The Balaban J connectivity index is 1.66. The summed E-state index contributed by atoms with van der Waals surface area (Å²) in [5.74, 6) is 0.386. The quantitative estimate of drug-likeness (QED) is 0.394. The molecule has 0 radical (unpaired) electrons. The second kappa shape index (κ2) is 8.65. The summed E-state index contributed by atoms with van der Waals surface area (Å²) < 4.78 is 23.3. The summed E-state index contributed by atoms with van der Waals surface area (Å²) in [6.45, 7) is 5.55. The van der Waals surface area contributed by atoms with E-state index in [4.69, 9.17) is 16.3 Å². The number of nitrogens with zero attached hydrogens (tertiary/aromatic N) is 5. The minimum atomic E-state index is -0.331. The summed E-state index contributed by atoms with van der Waals surface area (Å²) in [4.78, 5) is 8.38. The zero-order valence-corrected chi connectivity index (χ0v) is 19.5. The lowest BCUT2D eigenvalue weighted by atomic mass is 10.0. The Morgan fingerprint density at radius 1 is 1.06 bits per heavy atom. The van der Waals surface area contributed by atoms with E-state index in [0.717, 1.165) is 16.8 Å². The first-order chi connectivity index (χ1) is 15.9. The van der Waals surface area contributed by atoms with E-state index in [0.29, 0.717) is 35.3 Å². The van der Waals surface area contributed by atoms with Gasteiger partial charge in [0.1, 0.15) is 11.6 Å². The number of fused-ring (bicyclic) bond motifs is 1. The molecule has 33 heavy (non-hydrogen) atoms. The lowest BCUT2D eigenvalue weighted by Gasteiger charge is -2.38. The molecule has 6 nitrogen and oxygen atoms in total. The van der Waals surface area contributed by atoms with Gasteiger partial charge in [0.2, 0.25) is 0 Å². The number of morpholine rings is 1. The van der Waals surface area contributed by atoms with Crippen LogP contribution in [0.5, 0.6) is 0 Å². The highest BCUT2D eigenvalue weighted by Gasteiger charge is 2.26. The van der Waals surface area contributed by atoms with Crippen LogP contribution in [0.3, 0.4) is 0 Å². The molecule has 8 heteroatoms. The largest absolute Gasteiger partial charge is 0.372 e. The van der Waals surface area contributed by atoms with Gasteiger partial charge in [-0.05, 0) is 49.7 Å². The van der Waals surface area contributed by atoms with Crippen molar-refractivity contribution in [3.05, 3.63) is 71.8 Å². The number of benzene rings is 2. The third kappa shape index (κ3) is 4.14. The van der Waals surface area contributed by atoms with Crippen LogP contribution < -0.4 is 9.80 Å². The van der Waals surface area contributed by atoms with Crippen LogP contribution in [0, 0.1) is 5.82 Å². The van der Waals surface area contributed by atoms with Crippen molar-refractivity contribution in [2.45, 2.75) is 26.1 Å². The van der Waals surface area contributed by atoms with E-state index >= 15 is 4.39 Å². The number of anilines is 3. The molecule has 2 aromatic heterocycles. The Morgan fingerprint density at radius 2 is 1.85 bits per heavy atom. The van der Waals surface area contributed by atoms with E-state index < -0.39 is 0 Å². The molecule has 3 heterocycles. The molecule has 4 aromatic rings. The van der Waals surface area contributed by atoms with Crippen LogP contribution in [0.15, 0.2) is 60.9 Å². The Hall–Kier alpha value is -3.16. The van der Waals surface area contributed by atoms with Gasteiger partial charge in [-0.25, -0.2) is 9.37 Å². The fourth-order valence-electron chi connectivity index (χ4n) is 4.53. The number of ether oxygens (including phenoxy) is 1. The van der Waals surface area contributed by atoms with Crippen molar-refractivity contribution < 1.29 is 9.13 Å². The molecule has 1 aliphatic heterocycles. The molecule has 0 N–H and O–H groups in total. The van der Waals surface area contributed by atoms with Gasteiger partial charge in [0.05, 0.1) is 24.1 Å². The average molecular weight is 466 g/mol. The van der Waals surface area contributed by atoms with Gasteiger partial charge in [0, 0.05) is 48.7 Å². The summed E-state index contributed by atoms with van der Waals surface area (Å²) in [5, 5.41) is 4.96. The topological polar surface area (TPSA) is 45.9 Å². The van der Waals surface area contributed by atoms with Gasteiger partial charge in [-0.3, -0.25) is 0 Å². The second-order valence-corrected chi connectivity index (χ2v) is 8.89. The minimum absolute atomic E-state index is 0.0658. The monoisotopic (exact) mass is 465 g/mol. The Kier molecular flexibility index (Phi) is 5.68. The number of hydrogen-bond donors (Lipinski definition) is 0. The lowest BCUT2D eigenvalue weighted by molar-refractivity contribution is -0.00518. The molecular weight excluding hydrogens is 441 g/mol. The van der Waals surface area contributed by atoms with Gasteiger partial charge in [-0.1, -0.05) is 23.7 Å². The molecule has 0 amide bonds. The average Bonchev–Trinajstić information content (AvgIpc) is 3.27. The minimum Gasteiger partial charge on any atom is -0.372 e. The van der Waals surface area contributed by atoms with Crippen molar-refractivity contribution >= 4 is 34.4 Å². The van der Waals surface area contributed by atoms with Crippen LogP contribution in [0.1, 0.15) is 13.8 Å². The van der Waals surface area contributed by atoms with Crippen LogP contribution in [0.2, 0.25) is 5.02 Å². The Morgan fingerprint density at radius 3 is 2.61 bits per heavy atom. The summed E-state index contributed by atoms with van der Waals surface area (Å²) in [6.07, 6.45) is 3.51. The van der Waals surface area contributed by atoms with E-state index in [1.807, 2.05) is 49.5 Å². The fraction of sp³-hybridized carbons (Fsp3) is 0.280. The summed E-state index contributed by atoms with van der Waals surface area (Å²) in [6, 6.07) is 14.7. The molecule has 2 unspecified atom stereocenters. The van der Waals surface area contributed by atoms with E-state index in [-0.39, 0.29) is 18.0 Å². The number of aromatic nitrogens is 3. The van der Waals surface area contributed by atoms with Gasteiger partial charge >= 0.3 is 0 Å². The van der Waals surface area contributed by atoms with Crippen molar-refractivity contribution in [1.29, 1.82) is 0 Å². The number of hydrogen-bond acceptors (Lipinski definition) is 5. The molecule has 0 spiro atoms. The van der Waals surface area contributed by atoms with Gasteiger partial charge in [-0.2, -0.15) is 9.61 Å². The Bertz CT molecular complexity index is 1300. The molecule has 170 valence electrons. The molecular formula is C25H25ClFN5O.